The highest BCUT2D eigenvalue weighted by Crippen LogP contribution is 2.35. The molecule has 3 heterocycles. The number of benzene rings is 1. The van der Waals surface area contributed by atoms with E-state index in [1.165, 1.54) is 16.7 Å². The zero-order valence-electron chi connectivity index (χ0n) is 19.0. The van der Waals surface area contributed by atoms with Gasteiger partial charge in [-0.15, -0.1) is 11.3 Å². The Hall–Kier alpha value is -3.06. The maximum Gasteiger partial charge on any atom is 0.290 e. The first kappa shape index (κ1) is 21.8. The van der Waals surface area contributed by atoms with Gasteiger partial charge in [-0.05, 0) is 73.9 Å². The van der Waals surface area contributed by atoms with Crippen molar-refractivity contribution in [2.75, 3.05) is 19.7 Å². The number of hydrogen-bond donors (Lipinski definition) is 0. The Morgan fingerprint density at radius 1 is 1.21 bits per heavy atom. The van der Waals surface area contributed by atoms with Gasteiger partial charge in [-0.25, -0.2) is 0 Å². The zero-order valence-corrected chi connectivity index (χ0v) is 19.8. The van der Waals surface area contributed by atoms with Gasteiger partial charge >= 0.3 is 0 Å². The zero-order chi connectivity index (χ0) is 22.9. The van der Waals surface area contributed by atoms with Gasteiger partial charge in [0.05, 0.1) is 12.3 Å². The molecule has 1 atom stereocenters. The minimum Gasteiger partial charge on any atom is -0.491 e. The van der Waals surface area contributed by atoms with Crippen molar-refractivity contribution in [3.63, 3.8) is 0 Å². The second-order valence-electron chi connectivity index (χ2n) is 8.87. The molecule has 0 N–H and O–H groups in total. The lowest BCUT2D eigenvalue weighted by atomic mass is 10.00. The molecule has 3 aromatic rings. The van der Waals surface area contributed by atoms with Gasteiger partial charge < -0.3 is 19.0 Å². The Bertz CT molecular complexity index is 1150. The van der Waals surface area contributed by atoms with E-state index < -0.39 is 0 Å². The molecule has 6 nitrogen and oxygen atoms in total. The quantitative estimate of drug-likeness (QED) is 0.505. The van der Waals surface area contributed by atoms with Crippen LogP contribution >= 0.6 is 11.3 Å². The fraction of sp³-hybridized carbons (Fsp3) is 0.385. The van der Waals surface area contributed by atoms with Gasteiger partial charge in [-0.2, -0.15) is 0 Å². The van der Waals surface area contributed by atoms with Crippen LogP contribution in [0.25, 0.3) is 0 Å². The predicted molar refractivity (Wildman–Crippen MR) is 127 cm³/mol. The van der Waals surface area contributed by atoms with Gasteiger partial charge in [0.2, 0.25) is 5.91 Å². The Labute approximate surface area is 197 Å². The summed E-state index contributed by atoms with van der Waals surface area (Å²) in [5.41, 5.74) is 3.42. The van der Waals surface area contributed by atoms with E-state index in [2.05, 4.69) is 24.4 Å². The molecule has 2 amide bonds. The molecule has 1 aromatic carbocycles. The van der Waals surface area contributed by atoms with E-state index >= 15 is 0 Å². The summed E-state index contributed by atoms with van der Waals surface area (Å²) in [4.78, 5) is 31.4. The second-order valence-corrected chi connectivity index (χ2v) is 9.87. The molecule has 2 aromatic heterocycles. The molecule has 33 heavy (non-hydrogen) atoms. The largest absolute Gasteiger partial charge is 0.491 e. The highest BCUT2D eigenvalue weighted by Gasteiger charge is 2.38. The standard InChI is InChI=1S/C26H28N2O4S/c1-17-5-8-22(18(2)14-17)32-16-21-20-10-13-33-24(20)9-11-27(21)25(29)15-28(19-6-7-19)26(30)23-4-3-12-31-23/h3-5,8,10,12-14,19,21H,6-7,9,11,15-16H2,1-2H3. The van der Waals surface area contributed by atoms with E-state index in [0.717, 1.165) is 36.1 Å². The number of amides is 2. The summed E-state index contributed by atoms with van der Waals surface area (Å²) < 4.78 is 11.5. The number of carbonyl (C=O) groups excluding carboxylic acids is 2. The van der Waals surface area contributed by atoms with Crippen LogP contribution in [0.5, 0.6) is 5.75 Å². The van der Waals surface area contributed by atoms with Gasteiger partial charge in [-0.3, -0.25) is 9.59 Å². The number of rotatable bonds is 7. The van der Waals surface area contributed by atoms with Gasteiger partial charge in [-0.1, -0.05) is 17.7 Å². The number of hydrogen-bond acceptors (Lipinski definition) is 5. The van der Waals surface area contributed by atoms with Crippen molar-refractivity contribution < 1.29 is 18.7 Å². The van der Waals surface area contributed by atoms with Crippen molar-refractivity contribution in [3.8, 4) is 5.75 Å². The SMILES string of the molecule is Cc1ccc(OCC2c3ccsc3CCN2C(=O)CN(C(=O)c2ccco2)C2CC2)c(C)c1. The highest BCUT2D eigenvalue weighted by molar-refractivity contribution is 7.10. The third-order valence-corrected chi connectivity index (χ3v) is 7.42. The summed E-state index contributed by atoms with van der Waals surface area (Å²) >= 11 is 1.73. The molecule has 1 saturated carbocycles. The van der Waals surface area contributed by atoms with Crippen molar-refractivity contribution in [1.82, 2.24) is 9.80 Å². The van der Waals surface area contributed by atoms with Crippen molar-refractivity contribution in [2.45, 2.75) is 45.2 Å². The molecule has 2 aliphatic rings. The first-order valence-corrected chi connectivity index (χ1v) is 12.3. The van der Waals surface area contributed by atoms with Crippen LogP contribution in [0.4, 0.5) is 0 Å². The van der Waals surface area contributed by atoms with E-state index in [1.807, 2.05) is 24.0 Å². The summed E-state index contributed by atoms with van der Waals surface area (Å²) in [7, 11) is 0. The number of nitrogens with zero attached hydrogens (tertiary/aromatic N) is 2. The van der Waals surface area contributed by atoms with E-state index in [1.54, 1.807) is 28.4 Å². The number of fused-ring (bicyclic) bond motifs is 1. The van der Waals surface area contributed by atoms with Crippen LogP contribution < -0.4 is 4.74 Å². The summed E-state index contributed by atoms with van der Waals surface area (Å²) in [5, 5.41) is 2.08. The summed E-state index contributed by atoms with van der Waals surface area (Å²) in [6.07, 6.45) is 4.17. The molecule has 0 saturated heterocycles. The average molecular weight is 465 g/mol. The Morgan fingerprint density at radius 2 is 2.06 bits per heavy atom. The Morgan fingerprint density at radius 3 is 2.79 bits per heavy atom. The van der Waals surface area contributed by atoms with Gasteiger partial charge in [0.1, 0.15) is 18.9 Å². The number of furan rings is 1. The normalized spacial score (nSPS) is 17.5. The van der Waals surface area contributed by atoms with E-state index in [0.29, 0.717) is 13.2 Å². The van der Waals surface area contributed by atoms with E-state index in [4.69, 9.17) is 9.15 Å². The predicted octanol–water partition coefficient (Wildman–Crippen LogP) is 4.77. The molecule has 0 bridgehead atoms. The van der Waals surface area contributed by atoms with Crippen LogP contribution in [0.3, 0.4) is 0 Å². The highest BCUT2D eigenvalue weighted by atomic mass is 32.1. The topological polar surface area (TPSA) is 63.0 Å². The van der Waals surface area contributed by atoms with Crippen LogP contribution in [-0.4, -0.2) is 47.4 Å². The molecule has 7 heteroatoms. The van der Waals surface area contributed by atoms with Crippen molar-refractivity contribution in [2.24, 2.45) is 0 Å². The van der Waals surface area contributed by atoms with Crippen LogP contribution in [0, 0.1) is 13.8 Å². The van der Waals surface area contributed by atoms with Gasteiger partial charge in [0.25, 0.3) is 5.91 Å². The maximum absolute atomic E-state index is 13.5. The Kier molecular flexibility index (Phi) is 5.98. The number of carbonyl (C=O) groups is 2. The first-order chi connectivity index (χ1) is 16.0. The number of thiophene rings is 1. The summed E-state index contributed by atoms with van der Waals surface area (Å²) in [6.45, 7) is 5.17. The molecule has 1 aliphatic carbocycles. The van der Waals surface area contributed by atoms with Crippen LogP contribution in [0.15, 0.2) is 52.5 Å². The first-order valence-electron chi connectivity index (χ1n) is 11.4. The lowest BCUT2D eigenvalue weighted by molar-refractivity contribution is -0.135. The minimum absolute atomic E-state index is 0.0483. The average Bonchev–Trinajstić information content (AvgIpc) is 3.28. The lowest BCUT2D eigenvalue weighted by Crippen LogP contribution is -2.48. The molecular weight excluding hydrogens is 436 g/mol. The van der Waals surface area contributed by atoms with Gasteiger partial charge in [0, 0.05) is 17.5 Å². The smallest absolute Gasteiger partial charge is 0.290 e. The van der Waals surface area contributed by atoms with Crippen LogP contribution in [-0.2, 0) is 11.2 Å². The van der Waals surface area contributed by atoms with Gasteiger partial charge in [0.15, 0.2) is 5.76 Å². The van der Waals surface area contributed by atoms with Crippen LogP contribution in [0.1, 0.15) is 51.0 Å². The third kappa shape index (κ3) is 4.55. The number of ether oxygens (including phenoxy) is 1. The van der Waals surface area contributed by atoms with E-state index in [-0.39, 0.29) is 36.2 Å². The van der Waals surface area contributed by atoms with Crippen molar-refractivity contribution >= 4 is 23.2 Å². The molecular formula is C26H28N2O4S. The molecule has 1 fully saturated rings. The molecule has 1 unspecified atom stereocenters. The molecule has 1 aliphatic heterocycles. The molecule has 0 spiro atoms. The summed E-state index contributed by atoms with van der Waals surface area (Å²) in [5.74, 6) is 0.853. The Balaban J connectivity index is 1.35. The maximum atomic E-state index is 13.5. The molecule has 5 rings (SSSR count). The molecule has 172 valence electrons. The third-order valence-electron chi connectivity index (χ3n) is 6.43. The minimum atomic E-state index is -0.216. The fourth-order valence-corrected chi connectivity index (χ4v) is 5.46. The van der Waals surface area contributed by atoms with E-state index in [9.17, 15) is 9.59 Å². The number of aryl methyl sites for hydroxylation is 2. The monoisotopic (exact) mass is 464 g/mol. The fourth-order valence-electron chi connectivity index (χ4n) is 4.54. The van der Waals surface area contributed by atoms with Crippen molar-refractivity contribution in [3.05, 3.63) is 75.4 Å². The second kappa shape index (κ2) is 9.06. The summed E-state index contributed by atoms with van der Waals surface area (Å²) in [6, 6.07) is 11.5. The van der Waals surface area contributed by atoms with Crippen molar-refractivity contribution in [1.29, 1.82) is 0 Å². The van der Waals surface area contributed by atoms with Crippen LogP contribution in [0.2, 0.25) is 0 Å². The molecule has 0 radical (unpaired) electrons. The lowest BCUT2D eigenvalue weighted by Gasteiger charge is -2.37.